The summed E-state index contributed by atoms with van der Waals surface area (Å²) in [6.07, 6.45) is -0.746. The predicted molar refractivity (Wildman–Crippen MR) is 60.3 cm³/mol. The van der Waals surface area contributed by atoms with Gasteiger partial charge >= 0.3 is 6.18 Å². The lowest BCUT2D eigenvalue weighted by molar-refractivity contribution is -0.142. The molecule has 2 aliphatic carbocycles. The van der Waals surface area contributed by atoms with Crippen molar-refractivity contribution in [1.82, 2.24) is 9.78 Å². The van der Waals surface area contributed by atoms with Crippen molar-refractivity contribution in [1.29, 1.82) is 0 Å². The molecule has 0 aromatic carbocycles. The van der Waals surface area contributed by atoms with Gasteiger partial charge in [-0.2, -0.15) is 18.3 Å². The van der Waals surface area contributed by atoms with Crippen molar-refractivity contribution < 1.29 is 18.0 Å². The lowest BCUT2D eigenvalue weighted by Gasteiger charge is -2.23. The van der Waals surface area contributed by atoms with Gasteiger partial charge in [0.1, 0.15) is 6.54 Å². The summed E-state index contributed by atoms with van der Waals surface area (Å²) in [7, 11) is 0. The van der Waals surface area contributed by atoms with E-state index in [9.17, 15) is 18.0 Å². The molecule has 1 fully saturated rings. The number of nitrogens with two attached hydrogens (primary N) is 1. The summed E-state index contributed by atoms with van der Waals surface area (Å²) in [6, 6.07) is 0. The Bertz CT molecular complexity index is 543. The number of aromatic nitrogens is 2. The van der Waals surface area contributed by atoms with Crippen LogP contribution in [0.1, 0.15) is 42.6 Å². The molecule has 104 valence electrons. The molecule has 0 saturated heterocycles. The van der Waals surface area contributed by atoms with Gasteiger partial charge in [-0.3, -0.25) is 9.48 Å². The summed E-state index contributed by atoms with van der Waals surface area (Å²) < 4.78 is 40.5. The number of alkyl halides is 3. The first kappa shape index (κ1) is 12.5. The second-order valence-electron chi connectivity index (χ2n) is 5.43. The smallest absolute Gasteiger partial charge is 0.368 e. The minimum absolute atomic E-state index is 0.283. The summed E-state index contributed by atoms with van der Waals surface area (Å²) in [5.41, 5.74) is 4.80. The van der Waals surface area contributed by atoms with Gasteiger partial charge in [-0.1, -0.05) is 0 Å². The fraction of sp³-hybridized carbons (Fsp3) is 0.667. The Labute approximate surface area is 107 Å². The van der Waals surface area contributed by atoms with E-state index in [0.717, 1.165) is 30.4 Å². The Morgan fingerprint density at radius 1 is 1.37 bits per heavy atom. The number of fused-ring (bicyclic) bond motifs is 2. The van der Waals surface area contributed by atoms with Crippen molar-refractivity contribution in [3.8, 4) is 0 Å². The molecule has 1 heterocycles. The molecule has 2 aliphatic rings. The molecule has 3 rings (SSSR count). The molecule has 1 spiro atoms. The van der Waals surface area contributed by atoms with Gasteiger partial charge in [0.15, 0.2) is 5.69 Å². The maximum atomic E-state index is 13.1. The number of halogens is 3. The molecule has 2 N–H and O–H groups in total. The zero-order chi connectivity index (χ0) is 13.8. The predicted octanol–water partition coefficient (Wildman–Crippen LogP) is 1.76. The van der Waals surface area contributed by atoms with Gasteiger partial charge < -0.3 is 5.73 Å². The average Bonchev–Trinajstić information content (AvgIpc) is 2.93. The first-order valence-corrected chi connectivity index (χ1v) is 6.29. The number of primary amides is 1. The highest BCUT2D eigenvalue weighted by Crippen LogP contribution is 2.58. The summed E-state index contributed by atoms with van der Waals surface area (Å²) in [5.74, 6) is -0.672. The molecule has 4 nitrogen and oxygen atoms in total. The van der Waals surface area contributed by atoms with Gasteiger partial charge in [-0.05, 0) is 37.5 Å². The zero-order valence-electron chi connectivity index (χ0n) is 10.3. The quantitative estimate of drug-likeness (QED) is 0.892. The van der Waals surface area contributed by atoms with E-state index in [1.165, 1.54) is 0 Å². The van der Waals surface area contributed by atoms with E-state index in [1.54, 1.807) is 0 Å². The van der Waals surface area contributed by atoms with Crippen molar-refractivity contribution in [2.24, 2.45) is 5.73 Å². The van der Waals surface area contributed by atoms with Crippen LogP contribution in [0.5, 0.6) is 0 Å². The number of rotatable bonds is 2. The second kappa shape index (κ2) is 3.74. The van der Waals surface area contributed by atoms with E-state index in [1.807, 2.05) is 0 Å². The van der Waals surface area contributed by atoms with Crippen molar-refractivity contribution in [3.63, 3.8) is 0 Å². The highest BCUT2D eigenvalue weighted by atomic mass is 19.4. The molecule has 0 aliphatic heterocycles. The Morgan fingerprint density at radius 2 is 2.05 bits per heavy atom. The Balaban J connectivity index is 2.15. The third-order valence-electron chi connectivity index (χ3n) is 4.08. The molecule has 1 saturated carbocycles. The summed E-state index contributed by atoms with van der Waals surface area (Å²) >= 11 is 0. The number of carbonyl (C=O) groups is 1. The Morgan fingerprint density at radius 3 is 2.58 bits per heavy atom. The van der Waals surface area contributed by atoms with E-state index >= 15 is 0 Å². The fourth-order valence-electron chi connectivity index (χ4n) is 3.16. The lowest BCUT2D eigenvalue weighted by Crippen LogP contribution is -2.23. The van der Waals surface area contributed by atoms with E-state index in [0.29, 0.717) is 17.7 Å². The molecule has 1 amide bonds. The summed E-state index contributed by atoms with van der Waals surface area (Å²) in [4.78, 5) is 11.0. The van der Waals surface area contributed by atoms with E-state index < -0.39 is 17.8 Å². The fourth-order valence-corrected chi connectivity index (χ4v) is 3.16. The number of carbonyl (C=O) groups excluding carboxylic acids is 1. The molecule has 1 aromatic heterocycles. The van der Waals surface area contributed by atoms with Crippen LogP contribution < -0.4 is 5.73 Å². The van der Waals surface area contributed by atoms with Gasteiger partial charge in [0.25, 0.3) is 0 Å². The van der Waals surface area contributed by atoms with Gasteiger partial charge in [0.2, 0.25) is 5.91 Å². The molecule has 19 heavy (non-hydrogen) atoms. The number of hydrogen-bond donors (Lipinski definition) is 1. The third kappa shape index (κ3) is 1.91. The van der Waals surface area contributed by atoms with Gasteiger partial charge in [0.05, 0.1) is 0 Å². The Hall–Kier alpha value is -1.53. The van der Waals surface area contributed by atoms with Crippen molar-refractivity contribution >= 4 is 5.91 Å². The standard InChI is InChI=1S/C12H14F3N3O/c13-12(14,15)10-9-7(18(17-10)6-8(16)19)2-1-3-11(9)4-5-11/h1-6H2,(H2,16,19). The lowest BCUT2D eigenvalue weighted by atomic mass is 9.82. The topological polar surface area (TPSA) is 60.9 Å². The van der Waals surface area contributed by atoms with Crippen LogP contribution in [0, 0.1) is 0 Å². The normalized spacial score (nSPS) is 20.4. The number of hydrogen-bond acceptors (Lipinski definition) is 2. The van der Waals surface area contributed by atoms with Crippen LogP contribution in [0.4, 0.5) is 13.2 Å². The van der Waals surface area contributed by atoms with Crippen molar-refractivity contribution in [2.45, 2.75) is 50.2 Å². The molecular weight excluding hydrogens is 259 g/mol. The second-order valence-corrected chi connectivity index (χ2v) is 5.43. The largest absolute Gasteiger partial charge is 0.435 e. The maximum Gasteiger partial charge on any atom is 0.435 e. The van der Waals surface area contributed by atoms with E-state index in [-0.39, 0.29) is 12.0 Å². The average molecular weight is 273 g/mol. The minimum atomic E-state index is -4.47. The van der Waals surface area contributed by atoms with Gasteiger partial charge in [-0.15, -0.1) is 0 Å². The van der Waals surface area contributed by atoms with Crippen molar-refractivity contribution in [3.05, 3.63) is 17.0 Å². The zero-order valence-corrected chi connectivity index (χ0v) is 10.3. The van der Waals surface area contributed by atoms with E-state index in [2.05, 4.69) is 5.10 Å². The van der Waals surface area contributed by atoms with Crippen LogP contribution in [-0.4, -0.2) is 15.7 Å². The summed E-state index contributed by atoms with van der Waals surface area (Å²) in [5, 5.41) is 3.63. The molecular formula is C12H14F3N3O. The number of nitrogens with zero attached hydrogens (tertiary/aromatic N) is 2. The maximum absolute atomic E-state index is 13.1. The van der Waals surface area contributed by atoms with Crippen LogP contribution in [0.15, 0.2) is 0 Å². The molecule has 0 bridgehead atoms. The molecule has 0 unspecified atom stereocenters. The van der Waals surface area contributed by atoms with Crippen LogP contribution in [-0.2, 0) is 29.4 Å². The highest BCUT2D eigenvalue weighted by Gasteiger charge is 2.54. The van der Waals surface area contributed by atoms with Crippen LogP contribution >= 0.6 is 0 Å². The summed E-state index contributed by atoms with van der Waals surface area (Å²) in [6.45, 7) is -0.283. The highest BCUT2D eigenvalue weighted by molar-refractivity contribution is 5.73. The van der Waals surface area contributed by atoms with Crippen LogP contribution in [0.2, 0.25) is 0 Å². The molecule has 7 heteroatoms. The van der Waals surface area contributed by atoms with Crippen LogP contribution in [0.25, 0.3) is 0 Å². The van der Waals surface area contributed by atoms with Crippen LogP contribution in [0.3, 0.4) is 0 Å². The first-order valence-electron chi connectivity index (χ1n) is 6.29. The van der Waals surface area contributed by atoms with Gasteiger partial charge in [0, 0.05) is 11.3 Å². The van der Waals surface area contributed by atoms with Gasteiger partial charge in [-0.25, -0.2) is 0 Å². The minimum Gasteiger partial charge on any atom is -0.368 e. The Kier molecular flexibility index (Phi) is 2.46. The van der Waals surface area contributed by atoms with Crippen molar-refractivity contribution in [2.75, 3.05) is 0 Å². The SMILES string of the molecule is NC(=O)Cn1nc(C(F)(F)F)c2c1CCCC21CC1. The number of amides is 1. The first-order chi connectivity index (χ1) is 8.83. The monoisotopic (exact) mass is 273 g/mol. The third-order valence-corrected chi connectivity index (χ3v) is 4.08. The molecule has 1 aromatic rings. The molecule has 0 radical (unpaired) electrons. The van der Waals surface area contributed by atoms with E-state index in [4.69, 9.17) is 5.73 Å². The molecule has 0 atom stereocenters.